The van der Waals surface area contributed by atoms with E-state index in [2.05, 4.69) is 62.5 Å². The van der Waals surface area contributed by atoms with Crippen molar-refractivity contribution in [2.45, 2.75) is 206 Å². The first kappa shape index (κ1) is 53.5. The van der Waals surface area contributed by atoms with Gasteiger partial charge in [0.1, 0.15) is 6.10 Å². The number of allylic oxidation sites excluding steroid dienone is 8. The number of rotatable bonds is 43. The monoisotopic (exact) mass is 796 g/mol. The lowest BCUT2D eigenvalue weighted by Gasteiger charge is -2.20. The molecule has 0 amide bonds. The van der Waals surface area contributed by atoms with Gasteiger partial charge in [0, 0.05) is 19.6 Å². The number of phosphoric acid groups is 1. The van der Waals surface area contributed by atoms with Crippen molar-refractivity contribution >= 4 is 13.8 Å². The molecule has 0 aliphatic carbocycles. The SMILES string of the molecule is CCC/C=C\CCCCCCCCOCC(COP(=O)(O)OCCN)OC(=O)CCCCCCCCCCCC/C=C\C/C=C\C/C=C\CCCCCCC. The molecule has 322 valence electrons. The molecule has 55 heavy (non-hydrogen) atoms. The van der Waals surface area contributed by atoms with Crippen LogP contribution in [0.3, 0.4) is 0 Å². The lowest BCUT2D eigenvalue weighted by molar-refractivity contribution is -0.154. The zero-order valence-electron chi connectivity index (χ0n) is 35.7. The molecular formula is C46H86NO7P. The van der Waals surface area contributed by atoms with Crippen molar-refractivity contribution in [3.63, 3.8) is 0 Å². The summed E-state index contributed by atoms with van der Waals surface area (Å²) in [5.74, 6) is -0.338. The summed E-state index contributed by atoms with van der Waals surface area (Å²) in [6, 6.07) is 0. The standard InChI is InChI=1S/C46H86NO7P/c1-3-5-7-9-11-13-15-16-17-18-19-20-21-22-23-24-25-26-27-28-29-31-33-35-37-39-46(48)54-45(44-53-55(49,50)52-42-40-47)43-51-41-38-36-34-32-30-14-12-10-8-6-4-2/h8,10,15-16,18-19,21-22,45H,3-7,9,11-14,17,20,23-44,47H2,1-2H3,(H,49,50)/b10-8-,16-15-,19-18-,22-21-. The van der Waals surface area contributed by atoms with Crippen LogP contribution in [0.2, 0.25) is 0 Å². The van der Waals surface area contributed by atoms with Gasteiger partial charge in [-0.05, 0) is 70.6 Å². The molecule has 2 unspecified atom stereocenters. The Morgan fingerprint density at radius 1 is 0.545 bits per heavy atom. The second kappa shape index (κ2) is 43.6. The van der Waals surface area contributed by atoms with Gasteiger partial charge in [-0.25, -0.2) is 4.57 Å². The van der Waals surface area contributed by atoms with Gasteiger partial charge in [-0.1, -0.05) is 172 Å². The van der Waals surface area contributed by atoms with Gasteiger partial charge in [0.05, 0.1) is 19.8 Å². The number of hydrogen-bond acceptors (Lipinski definition) is 7. The third-order valence-electron chi connectivity index (χ3n) is 9.45. The molecule has 0 saturated heterocycles. The van der Waals surface area contributed by atoms with Gasteiger partial charge in [-0.15, -0.1) is 0 Å². The summed E-state index contributed by atoms with van der Waals surface area (Å²) in [5, 5.41) is 0. The van der Waals surface area contributed by atoms with Crippen LogP contribution in [0, 0.1) is 0 Å². The highest BCUT2D eigenvalue weighted by molar-refractivity contribution is 7.47. The Morgan fingerprint density at radius 2 is 1.00 bits per heavy atom. The molecule has 9 heteroatoms. The quantitative estimate of drug-likeness (QED) is 0.0271. The zero-order chi connectivity index (χ0) is 40.2. The van der Waals surface area contributed by atoms with Gasteiger partial charge in [0.25, 0.3) is 0 Å². The molecule has 0 fully saturated rings. The maximum absolute atomic E-state index is 12.6. The van der Waals surface area contributed by atoms with Crippen LogP contribution in [-0.2, 0) is 27.9 Å². The fourth-order valence-electron chi connectivity index (χ4n) is 6.12. The summed E-state index contributed by atoms with van der Waals surface area (Å²) in [6.45, 7) is 4.84. The fourth-order valence-corrected chi connectivity index (χ4v) is 6.89. The Hall–Kier alpha value is -1.54. The van der Waals surface area contributed by atoms with Crippen molar-refractivity contribution < 1.29 is 32.8 Å². The average Bonchev–Trinajstić information content (AvgIpc) is 3.17. The molecule has 0 aliphatic rings. The number of ether oxygens (including phenoxy) is 2. The first-order chi connectivity index (χ1) is 26.9. The number of nitrogens with two attached hydrogens (primary N) is 1. The van der Waals surface area contributed by atoms with E-state index < -0.39 is 13.9 Å². The summed E-state index contributed by atoms with van der Waals surface area (Å²) >= 11 is 0. The fraction of sp³-hybridized carbons (Fsp3) is 0.804. The largest absolute Gasteiger partial charge is 0.472 e. The molecule has 0 aromatic heterocycles. The minimum atomic E-state index is -4.28. The van der Waals surface area contributed by atoms with Crippen LogP contribution >= 0.6 is 7.82 Å². The van der Waals surface area contributed by atoms with Crippen LogP contribution in [0.15, 0.2) is 48.6 Å². The molecule has 0 aromatic rings. The van der Waals surface area contributed by atoms with Crippen molar-refractivity contribution in [3.05, 3.63) is 48.6 Å². The van der Waals surface area contributed by atoms with Crippen molar-refractivity contribution in [2.24, 2.45) is 5.73 Å². The molecule has 0 bridgehead atoms. The van der Waals surface area contributed by atoms with Crippen LogP contribution in [0.4, 0.5) is 0 Å². The number of unbranched alkanes of at least 4 members (excludes halogenated alkanes) is 22. The number of carbonyl (C=O) groups excluding carboxylic acids is 1. The van der Waals surface area contributed by atoms with E-state index in [4.69, 9.17) is 24.3 Å². The summed E-state index contributed by atoms with van der Waals surface area (Å²) in [5.41, 5.74) is 5.36. The average molecular weight is 796 g/mol. The number of phosphoric ester groups is 1. The number of esters is 1. The van der Waals surface area contributed by atoms with Crippen LogP contribution < -0.4 is 5.73 Å². The van der Waals surface area contributed by atoms with E-state index >= 15 is 0 Å². The van der Waals surface area contributed by atoms with Gasteiger partial charge in [-0.3, -0.25) is 13.8 Å². The van der Waals surface area contributed by atoms with E-state index in [1.54, 1.807) is 0 Å². The molecule has 8 nitrogen and oxygen atoms in total. The molecule has 3 N–H and O–H groups in total. The van der Waals surface area contributed by atoms with E-state index in [1.807, 2.05) is 0 Å². The molecule has 0 spiro atoms. The first-order valence-corrected chi connectivity index (χ1v) is 24.1. The third kappa shape index (κ3) is 43.4. The maximum Gasteiger partial charge on any atom is 0.472 e. The second-order valence-electron chi connectivity index (χ2n) is 14.9. The van der Waals surface area contributed by atoms with Crippen molar-refractivity contribution in [2.75, 3.05) is 33.0 Å². The Kier molecular flexibility index (Phi) is 42.4. The van der Waals surface area contributed by atoms with Gasteiger partial charge in [0.15, 0.2) is 0 Å². The summed E-state index contributed by atoms with van der Waals surface area (Å²) in [7, 11) is -4.28. The van der Waals surface area contributed by atoms with Crippen LogP contribution in [-0.4, -0.2) is 49.9 Å². The highest BCUT2D eigenvalue weighted by Gasteiger charge is 2.25. The van der Waals surface area contributed by atoms with E-state index in [9.17, 15) is 14.3 Å². The second-order valence-corrected chi connectivity index (χ2v) is 16.4. The molecular weight excluding hydrogens is 709 g/mol. The molecule has 0 aromatic carbocycles. The summed E-state index contributed by atoms with van der Waals surface area (Å²) in [6.07, 6.45) is 51.4. The predicted octanol–water partition coefficient (Wildman–Crippen LogP) is 13.6. The van der Waals surface area contributed by atoms with Gasteiger partial charge in [0.2, 0.25) is 0 Å². The predicted molar refractivity (Wildman–Crippen MR) is 233 cm³/mol. The van der Waals surface area contributed by atoms with Crippen LogP contribution in [0.25, 0.3) is 0 Å². The van der Waals surface area contributed by atoms with Gasteiger partial charge < -0.3 is 20.1 Å². The zero-order valence-corrected chi connectivity index (χ0v) is 36.6. The smallest absolute Gasteiger partial charge is 0.457 e. The Labute approximate surface area is 339 Å². The van der Waals surface area contributed by atoms with Crippen molar-refractivity contribution in [1.82, 2.24) is 0 Å². The number of hydrogen-bond donors (Lipinski definition) is 2. The normalized spacial score (nSPS) is 13.9. The van der Waals surface area contributed by atoms with E-state index in [0.717, 1.165) is 44.9 Å². The Morgan fingerprint density at radius 3 is 1.53 bits per heavy atom. The number of carbonyl (C=O) groups is 1. The molecule has 2 atom stereocenters. The van der Waals surface area contributed by atoms with E-state index in [-0.39, 0.29) is 32.3 Å². The molecule has 0 rings (SSSR count). The minimum absolute atomic E-state index is 0.0975. The highest BCUT2D eigenvalue weighted by Crippen LogP contribution is 2.43. The van der Waals surface area contributed by atoms with Crippen LogP contribution in [0.5, 0.6) is 0 Å². The van der Waals surface area contributed by atoms with E-state index in [0.29, 0.717) is 13.0 Å². The maximum atomic E-state index is 12.6. The highest BCUT2D eigenvalue weighted by atomic mass is 31.2. The molecule has 0 heterocycles. The first-order valence-electron chi connectivity index (χ1n) is 22.6. The Bertz CT molecular complexity index is 983. The summed E-state index contributed by atoms with van der Waals surface area (Å²) in [4.78, 5) is 22.5. The van der Waals surface area contributed by atoms with Gasteiger partial charge >= 0.3 is 13.8 Å². The molecule has 0 radical (unpaired) electrons. The lowest BCUT2D eigenvalue weighted by atomic mass is 10.0. The summed E-state index contributed by atoms with van der Waals surface area (Å²) < 4.78 is 33.4. The topological polar surface area (TPSA) is 117 Å². The lowest BCUT2D eigenvalue weighted by Crippen LogP contribution is -2.28. The Balaban J connectivity index is 3.94. The van der Waals surface area contributed by atoms with Gasteiger partial charge in [-0.2, -0.15) is 0 Å². The van der Waals surface area contributed by atoms with E-state index in [1.165, 1.54) is 135 Å². The minimum Gasteiger partial charge on any atom is -0.457 e. The van der Waals surface area contributed by atoms with Crippen molar-refractivity contribution in [3.8, 4) is 0 Å². The molecule has 0 aliphatic heterocycles. The van der Waals surface area contributed by atoms with Crippen molar-refractivity contribution in [1.29, 1.82) is 0 Å². The third-order valence-corrected chi connectivity index (χ3v) is 10.4. The molecule has 0 saturated carbocycles. The van der Waals surface area contributed by atoms with Crippen LogP contribution in [0.1, 0.15) is 200 Å².